The number of nitrogen functional groups attached to an aromatic ring is 1. The molecule has 5 heteroatoms. The Balaban J connectivity index is 1.93. The zero-order chi connectivity index (χ0) is 18.3. The van der Waals surface area contributed by atoms with E-state index in [0.29, 0.717) is 10.6 Å². The minimum atomic E-state index is -0.222. The maximum absolute atomic E-state index is 11.2. The predicted molar refractivity (Wildman–Crippen MR) is 111 cm³/mol. The van der Waals surface area contributed by atoms with Crippen molar-refractivity contribution in [2.45, 2.75) is 103 Å². The minimum Gasteiger partial charge on any atom is -0.385 e. The molecule has 0 radical (unpaired) electrons. The Morgan fingerprint density at radius 1 is 0.880 bits per heavy atom. The highest BCUT2D eigenvalue weighted by molar-refractivity contribution is 7.71. The number of hydrogen-bond donors (Lipinski definition) is 2. The molecule has 0 bridgehead atoms. The Morgan fingerprint density at radius 2 is 1.32 bits per heavy atom. The molecule has 4 nitrogen and oxygen atoms in total. The van der Waals surface area contributed by atoms with Crippen LogP contribution in [0.25, 0.3) is 0 Å². The first-order valence-corrected chi connectivity index (χ1v) is 10.7. The van der Waals surface area contributed by atoms with E-state index in [4.69, 9.17) is 18.0 Å². The monoisotopic (exact) mass is 367 g/mol. The maximum atomic E-state index is 11.2. The molecule has 0 unspecified atom stereocenters. The fraction of sp³-hybridized carbons (Fsp3) is 0.800. The summed E-state index contributed by atoms with van der Waals surface area (Å²) in [7, 11) is 0. The van der Waals surface area contributed by atoms with Crippen LogP contribution in [0.15, 0.2) is 10.9 Å². The van der Waals surface area contributed by atoms with Crippen LogP contribution >= 0.6 is 12.2 Å². The van der Waals surface area contributed by atoms with Crippen molar-refractivity contribution in [3.63, 3.8) is 0 Å². The van der Waals surface area contributed by atoms with Gasteiger partial charge in [0.25, 0.3) is 5.56 Å². The van der Waals surface area contributed by atoms with Crippen LogP contribution in [0.1, 0.15) is 96.8 Å². The average Bonchev–Trinajstić information content (AvgIpc) is 2.57. The summed E-state index contributed by atoms with van der Waals surface area (Å²) in [6.07, 6.45) is 18.8. The zero-order valence-corrected chi connectivity index (χ0v) is 16.8. The van der Waals surface area contributed by atoms with E-state index in [2.05, 4.69) is 11.9 Å². The average molecular weight is 368 g/mol. The molecule has 1 rings (SSSR count). The van der Waals surface area contributed by atoms with E-state index in [9.17, 15) is 4.79 Å². The first kappa shape index (κ1) is 21.9. The van der Waals surface area contributed by atoms with E-state index in [1.54, 1.807) is 0 Å². The van der Waals surface area contributed by atoms with Crippen molar-refractivity contribution < 1.29 is 0 Å². The number of aromatic amines is 1. The molecule has 3 N–H and O–H groups in total. The largest absolute Gasteiger partial charge is 0.385 e. The highest BCUT2D eigenvalue weighted by atomic mass is 32.1. The van der Waals surface area contributed by atoms with Gasteiger partial charge in [-0.05, 0) is 18.6 Å². The molecule has 0 aromatic carbocycles. The van der Waals surface area contributed by atoms with Gasteiger partial charge in [-0.25, -0.2) is 0 Å². The van der Waals surface area contributed by atoms with Gasteiger partial charge in [-0.2, -0.15) is 0 Å². The van der Waals surface area contributed by atoms with Gasteiger partial charge >= 0.3 is 0 Å². The third kappa shape index (κ3) is 10.5. The number of nitrogens with two attached hydrogens (primary N) is 1. The third-order valence-corrected chi connectivity index (χ3v) is 5.12. The molecule has 0 aliphatic carbocycles. The summed E-state index contributed by atoms with van der Waals surface area (Å²) in [5.74, 6) is 0.462. The molecule has 0 spiro atoms. The maximum Gasteiger partial charge on any atom is 0.253 e. The fourth-order valence-corrected chi connectivity index (χ4v) is 3.53. The van der Waals surface area contributed by atoms with Gasteiger partial charge < -0.3 is 10.3 Å². The number of rotatable bonds is 15. The molecule has 0 saturated heterocycles. The van der Waals surface area contributed by atoms with Crippen molar-refractivity contribution in [1.29, 1.82) is 0 Å². The molecule has 1 heterocycles. The lowest BCUT2D eigenvalue weighted by molar-refractivity contribution is 0.522. The first-order chi connectivity index (χ1) is 12.1. The van der Waals surface area contributed by atoms with Crippen molar-refractivity contribution in [2.24, 2.45) is 0 Å². The topological polar surface area (TPSA) is 63.8 Å². The predicted octanol–water partition coefficient (Wildman–Crippen LogP) is 5.97. The van der Waals surface area contributed by atoms with Crippen molar-refractivity contribution >= 4 is 18.0 Å². The molecule has 0 aliphatic heterocycles. The summed E-state index contributed by atoms with van der Waals surface area (Å²) in [6, 6.07) is 1.40. The van der Waals surface area contributed by atoms with Gasteiger partial charge in [-0.15, -0.1) is 0 Å². The van der Waals surface area contributed by atoms with Crippen molar-refractivity contribution in [1.82, 2.24) is 9.55 Å². The Hall–Kier alpha value is -1.10. The molecule has 1 aromatic rings. The minimum absolute atomic E-state index is 0.222. The van der Waals surface area contributed by atoms with E-state index in [1.165, 1.54) is 89.5 Å². The second kappa shape index (κ2) is 14.1. The summed E-state index contributed by atoms with van der Waals surface area (Å²) >= 11 is 5.15. The normalized spacial score (nSPS) is 11.1. The van der Waals surface area contributed by atoms with Gasteiger partial charge in [0.05, 0.1) is 0 Å². The zero-order valence-electron chi connectivity index (χ0n) is 16.0. The van der Waals surface area contributed by atoms with Gasteiger partial charge in [0.1, 0.15) is 5.82 Å². The Kier molecular flexibility index (Phi) is 12.4. The molecular formula is C20H37N3OS. The standard InChI is InChI=1S/C20H37N3OS/c1-2-3-4-5-6-7-8-9-10-11-12-13-14-15-16-23-18(21)17-19(24)22-20(23)25/h17H,2-16,21H2,1H3,(H,22,24,25). The molecule has 144 valence electrons. The Labute approximate surface area is 158 Å². The van der Waals surface area contributed by atoms with Crippen molar-refractivity contribution in [3.8, 4) is 0 Å². The number of nitrogens with one attached hydrogen (secondary N) is 1. The number of anilines is 1. The molecule has 25 heavy (non-hydrogen) atoms. The highest BCUT2D eigenvalue weighted by Gasteiger charge is 2.00. The van der Waals surface area contributed by atoms with Crippen LogP contribution in [0, 0.1) is 4.77 Å². The van der Waals surface area contributed by atoms with Gasteiger partial charge in [0, 0.05) is 12.6 Å². The summed E-state index contributed by atoms with van der Waals surface area (Å²) in [4.78, 5) is 13.9. The molecule has 0 aliphatic rings. The van der Waals surface area contributed by atoms with Crippen LogP contribution < -0.4 is 11.3 Å². The second-order valence-electron chi connectivity index (χ2n) is 7.11. The molecule has 0 atom stereocenters. The number of hydrogen-bond acceptors (Lipinski definition) is 3. The van der Waals surface area contributed by atoms with Gasteiger partial charge in [-0.3, -0.25) is 9.78 Å². The van der Waals surface area contributed by atoms with Crippen LogP contribution in [0.2, 0.25) is 0 Å². The molecular weight excluding hydrogens is 330 g/mol. The van der Waals surface area contributed by atoms with E-state index in [-0.39, 0.29) is 5.56 Å². The van der Waals surface area contributed by atoms with Crippen molar-refractivity contribution in [2.75, 3.05) is 5.73 Å². The summed E-state index contributed by atoms with van der Waals surface area (Å²) in [5.41, 5.74) is 5.63. The van der Waals surface area contributed by atoms with Crippen LogP contribution in [0.3, 0.4) is 0 Å². The van der Waals surface area contributed by atoms with Crippen LogP contribution in [-0.2, 0) is 6.54 Å². The third-order valence-electron chi connectivity index (χ3n) is 4.80. The van der Waals surface area contributed by atoms with Crippen molar-refractivity contribution in [3.05, 3.63) is 21.2 Å². The quantitative estimate of drug-likeness (QED) is 0.296. The molecule has 0 saturated carbocycles. The molecule has 1 aromatic heterocycles. The fourth-order valence-electron chi connectivity index (χ4n) is 3.23. The number of aromatic nitrogens is 2. The number of nitrogens with zero attached hydrogens (tertiary/aromatic N) is 1. The Morgan fingerprint density at radius 3 is 1.76 bits per heavy atom. The smallest absolute Gasteiger partial charge is 0.253 e. The lowest BCUT2D eigenvalue weighted by Gasteiger charge is -2.09. The van der Waals surface area contributed by atoms with Crippen LogP contribution in [0.4, 0.5) is 5.82 Å². The summed E-state index contributed by atoms with van der Waals surface area (Å²) < 4.78 is 2.25. The number of H-pyrrole nitrogens is 1. The lowest BCUT2D eigenvalue weighted by atomic mass is 10.0. The Bertz CT molecular complexity index is 565. The van der Waals surface area contributed by atoms with E-state index in [1.807, 2.05) is 4.57 Å². The summed E-state index contributed by atoms with van der Waals surface area (Å²) in [6.45, 7) is 3.06. The van der Waals surface area contributed by atoms with E-state index < -0.39 is 0 Å². The number of unbranched alkanes of at least 4 members (excludes halogenated alkanes) is 13. The SMILES string of the molecule is CCCCCCCCCCCCCCCCn1c(N)cc(=O)[nH]c1=S. The van der Waals surface area contributed by atoms with Gasteiger partial charge in [-0.1, -0.05) is 90.4 Å². The first-order valence-electron chi connectivity index (χ1n) is 10.2. The second-order valence-corrected chi connectivity index (χ2v) is 7.50. The van der Waals surface area contributed by atoms with E-state index >= 15 is 0 Å². The van der Waals surface area contributed by atoms with Crippen LogP contribution in [0.5, 0.6) is 0 Å². The van der Waals surface area contributed by atoms with E-state index in [0.717, 1.165) is 13.0 Å². The lowest BCUT2D eigenvalue weighted by Crippen LogP contribution is -2.16. The molecule has 0 fully saturated rings. The summed E-state index contributed by atoms with van der Waals surface area (Å²) in [5, 5.41) is 0. The van der Waals surface area contributed by atoms with Gasteiger partial charge in [0.15, 0.2) is 4.77 Å². The highest BCUT2D eigenvalue weighted by Crippen LogP contribution is 2.13. The van der Waals surface area contributed by atoms with Crippen LogP contribution in [-0.4, -0.2) is 9.55 Å². The van der Waals surface area contributed by atoms with Gasteiger partial charge in [0.2, 0.25) is 0 Å². The molecule has 0 amide bonds.